The molecule has 2 aliphatic carbocycles. The number of allylic oxidation sites excluding steroid dienone is 3. The van der Waals surface area contributed by atoms with Crippen LogP contribution in [-0.4, -0.2) is 17.6 Å². The van der Waals surface area contributed by atoms with Crippen LogP contribution >= 0.6 is 22.6 Å². The molecular formula is C15H5F3INO3. The van der Waals surface area contributed by atoms with Gasteiger partial charge < -0.3 is 10.5 Å². The summed E-state index contributed by atoms with van der Waals surface area (Å²) in [5.74, 6) is -6.67. The summed E-state index contributed by atoms with van der Waals surface area (Å²) in [6.07, 6.45) is 0. The first-order chi connectivity index (χ1) is 10.7. The maximum atomic E-state index is 13.4. The van der Waals surface area contributed by atoms with E-state index < -0.39 is 29.0 Å². The van der Waals surface area contributed by atoms with Crippen molar-refractivity contribution in [2.45, 2.75) is 5.92 Å². The molecular weight excluding hydrogens is 426 g/mol. The second kappa shape index (κ2) is 5.13. The molecule has 116 valence electrons. The first-order valence-corrected chi connectivity index (χ1v) is 7.17. The normalized spacial score (nSPS) is 18.0. The van der Waals surface area contributed by atoms with Gasteiger partial charge in [0.2, 0.25) is 11.7 Å². The molecule has 0 saturated heterocycles. The van der Waals surface area contributed by atoms with E-state index in [9.17, 15) is 22.8 Å². The number of ketones is 1. The largest absolute Gasteiger partial charge is 0.447 e. The van der Waals surface area contributed by atoms with E-state index in [4.69, 9.17) is 10.5 Å². The van der Waals surface area contributed by atoms with Gasteiger partial charge >= 0.3 is 5.92 Å². The molecule has 23 heavy (non-hydrogen) atoms. The summed E-state index contributed by atoms with van der Waals surface area (Å²) in [6.45, 7) is 0. The van der Waals surface area contributed by atoms with E-state index in [2.05, 4.69) is 11.5 Å². The Labute approximate surface area is 140 Å². The molecule has 0 radical (unpaired) electrons. The van der Waals surface area contributed by atoms with Crippen LogP contribution in [0, 0.1) is 5.82 Å². The van der Waals surface area contributed by atoms with Crippen LogP contribution in [0.1, 0.15) is 10.4 Å². The van der Waals surface area contributed by atoms with Crippen LogP contribution in [0.15, 0.2) is 50.1 Å². The van der Waals surface area contributed by atoms with Crippen molar-refractivity contribution in [2.24, 2.45) is 5.73 Å². The molecule has 1 aromatic rings. The minimum absolute atomic E-state index is 0.0748. The van der Waals surface area contributed by atoms with Crippen LogP contribution in [0.2, 0.25) is 0 Å². The molecule has 0 aliphatic heterocycles. The standard InChI is InChI=1S/C15H5F3INO3/c16-7-3-6(14(20)22)4-8(5-7)23-10-2-1-9-11(12(10)19)13(21)15(9,17)18/h3-5H,(H2,20,22). The van der Waals surface area contributed by atoms with Gasteiger partial charge in [-0.2, -0.15) is 8.78 Å². The average molecular weight is 431 g/mol. The summed E-state index contributed by atoms with van der Waals surface area (Å²) in [5.41, 5.74) is 8.75. The molecule has 2 aliphatic rings. The lowest BCUT2D eigenvalue weighted by Crippen LogP contribution is -2.45. The Morgan fingerprint density at radius 1 is 1.26 bits per heavy atom. The number of ether oxygens (including phenoxy) is 1. The van der Waals surface area contributed by atoms with E-state index in [0.29, 0.717) is 0 Å². The first kappa shape index (κ1) is 15.6. The molecule has 0 bridgehead atoms. The van der Waals surface area contributed by atoms with E-state index in [0.717, 1.165) is 12.1 Å². The summed E-state index contributed by atoms with van der Waals surface area (Å²) in [5, 5.41) is 0. The van der Waals surface area contributed by atoms with Crippen molar-refractivity contribution < 1.29 is 27.5 Å². The fraction of sp³-hybridized carbons (Fsp3) is 0.0667. The summed E-state index contributed by atoms with van der Waals surface area (Å²) in [7, 11) is 0. The number of carbonyl (C=O) groups is 2. The number of amides is 1. The molecule has 0 spiro atoms. The predicted octanol–water partition coefficient (Wildman–Crippen LogP) is 2.79. The zero-order valence-corrected chi connectivity index (χ0v) is 13.2. The summed E-state index contributed by atoms with van der Waals surface area (Å²) < 4.78 is 45.5. The first-order valence-electron chi connectivity index (χ1n) is 6.09. The summed E-state index contributed by atoms with van der Waals surface area (Å²) in [4.78, 5) is 22.5. The Kier molecular flexibility index (Phi) is 3.48. The molecule has 3 rings (SSSR count). The van der Waals surface area contributed by atoms with E-state index in [1.54, 1.807) is 22.6 Å². The second-order valence-corrected chi connectivity index (χ2v) is 5.77. The topological polar surface area (TPSA) is 69.4 Å². The van der Waals surface area contributed by atoms with Crippen LogP contribution in [-0.2, 0) is 4.79 Å². The van der Waals surface area contributed by atoms with Gasteiger partial charge in [0.25, 0.3) is 0 Å². The minimum atomic E-state index is -3.57. The van der Waals surface area contributed by atoms with Crippen LogP contribution < -0.4 is 10.5 Å². The quantitative estimate of drug-likeness (QED) is 0.592. The number of fused-ring (bicyclic) bond motifs is 1. The van der Waals surface area contributed by atoms with Gasteiger partial charge in [-0.3, -0.25) is 9.59 Å². The molecule has 8 heteroatoms. The highest BCUT2D eigenvalue weighted by Crippen LogP contribution is 2.48. The maximum Gasteiger partial charge on any atom is 0.343 e. The van der Waals surface area contributed by atoms with E-state index >= 15 is 0 Å². The molecule has 0 heterocycles. The number of alkyl halides is 2. The number of carbonyl (C=O) groups excluding carboxylic acids is 2. The lowest BCUT2D eigenvalue weighted by Gasteiger charge is -2.30. The number of hydrogen-bond acceptors (Lipinski definition) is 3. The molecule has 1 saturated carbocycles. The van der Waals surface area contributed by atoms with E-state index in [1.165, 1.54) is 6.07 Å². The number of nitrogens with two attached hydrogens (primary N) is 1. The van der Waals surface area contributed by atoms with Gasteiger partial charge in [-0.25, -0.2) is 4.39 Å². The van der Waals surface area contributed by atoms with Gasteiger partial charge in [-0.1, -0.05) is 5.73 Å². The van der Waals surface area contributed by atoms with Crippen molar-refractivity contribution in [1.82, 2.24) is 0 Å². The van der Waals surface area contributed by atoms with Crippen LogP contribution in [0.4, 0.5) is 13.2 Å². The Bertz CT molecular complexity index is 920. The van der Waals surface area contributed by atoms with E-state index in [1.807, 2.05) is 0 Å². The highest BCUT2D eigenvalue weighted by atomic mass is 127. The van der Waals surface area contributed by atoms with Gasteiger partial charge in [0.05, 0.1) is 14.7 Å². The second-order valence-electron chi connectivity index (χ2n) is 4.69. The molecule has 0 unspecified atom stereocenters. The van der Waals surface area contributed by atoms with Gasteiger partial charge in [0, 0.05) is 11.6 Å². The number of hydrogen-bond donors (Lipinski definition) is 1. The Hall–Kier alpha value is -2.28. The number of primary amides is 1. The SMILES string of the molecule is NC(=O)c1cc(F)cc(OC2=C=C=C3C(=C2I)C(=O)C3(F)F)c1. The van der Waals surface area contributed by atoms with Crippen molar-refractivity contribution in [2.75, 3.05) is 0 Å². The number of halogens is 4. The lowest BCUT2D eigenvalue weighted by molar-refractivity contribution is -0.139. The highest BCUT2D eigenvalue weighted by Gasteiger charge is 2.59. The average Bonchev–Trinajstić information content (AvgIpc) is 2.48. The van der Waals surface area contributed by atoms with Gasteiger partial charge in [0.15, 0.2) is 5.76 Å². The molecule has 0 aromatic heterocycles. The predicted molar refractivity (Wildman–Crippen MR) is 80.6 cm³/mol. The third-order valence-corrected chi connectivity index (χ3v) is 4.20. The molecule has 4 nitrogen and oxygen atoms in total. The highest BCUT2D eigenvalue weighted by molar-refractivity contribution is 14.1. The van der Waals surface area contributed by atoms with Crippen LogP contribution in [0.5, 0.6) is 5.75 Å². The lowest BCUT2D eigenvalue weighted by atomic mass is 9.79. The molecule has 1 aromatic carbocycles. The van der Waals surface area contributed by atoms with Crippen molar-refractivity contribution >= 4 is 34.3 Å². The zero-order chi connectivity index (χ0) is 16.9. The van der Waals surface area contributed by atoms with Crippen molar-refractivity contribution in [3.63, 3.8) is 0 Å². The number of benzene rings is 1. The van der Waals surface area contributed by atoms with Gasteiger partial charge in [0.1, 0.15) is 11.6 Å². The molecule has 1 amide bonds. The van der Waals surface area contributed by atoms with Crippen molar-refractivity contribution in [3.8, 4) is 5.75 Å². The van der Waals surface area contributed by atoms with Crippen LogP contribution in [0.25, 0.3) is 0 Å². The van der Waals surface area contributed by atoms with E-state index in [-0.39, 0.29) is 26.2 Å². The number of Topliss-reactive ketones (excluding diaryl/α,β-unsaturated/α-hetero) is 1. The Morgan fingerprint density at radius 3 is 2.61 bits per heavy atom. The van der Waals surface area contributed by atoms with Crippen LogP contribution in [0.3, 0.4) is 0 Å². The molecule has 2 N–H and O–H groups in total. The third kappa shape index (κ3) is 2.41. The van der Waals surface area contributed by atoms with Gasteiger partial charge in [-0.15, -0.1) is 0 Å². The Balaban J connectivity index is 2.03. The third-order valence-electron chi connectivity index (χ3n) is 3.17. The molecule has 0 atom stereocenters. The van der Waals surface area contributed by atoms with Gasteiger partial charge in [-0.05, 0) is 40.5 Å². The smallest absolute Gasteiger partial charge is 0.343 e. The zero-order valence-electron chi connectivity index (χ0n) is 11.0. The Morgan fingerprint density at radius 2 is 1.96 bits per heavy atom. The molecule has 1 fully saturated rings. The minimum Gasteiger partial charge on any atom is -0.447 e. The van der Waals surface area contributed by atoms with Crippen molar-refractivity contribution in [3.05, 3.63) is 61.5 Å². The fourth-order valence-electron chi connectivity index (χ4n) is 2.07. The fourth-order valence-corrected chi connectivity index (χ4v) is 2.83. The number of rotatable bonds is 3. The summed E-state index contributed by atoms with van der Waals surface area (Å²) >= 11 is 1.66. The summed E-state index contributed by atoms with van der Waals surface area (Å²) in [6, 6.07) is 3.09. The van der Waals surface area contributed by atoms with Crippen molar-refractivity contribution in [1.29, 1.82) is 0 Å². The maximum absolute atomic E-state index is 13.4. The monoisotopic (exact) mass is 431 g/mol.